The number of nitro benzene ring substituents is 1. The highest BCUT2D eigenvalue weighted by molar-refractivity contribution is 6.35. The number of hydrogen-bond acceptors (Lipinski definition) is 6. The largest absolute Gasteiger partial charge is 0.867 e. The van der Waals surface area contributed by atoms with Crippen molar-refractivity contribution in [3.8, 4) is 17.2 Å². The van der Waals surface area contributed by atoms with Crippen molar-refractivity contribution in [2.45, 2.75) is 26.2 Å². The first kappa shape index (κ1) is 20.2. The summed E-state index contributed by atoms with van der Waals surface area (Å²) in [5.74, 6) is -0.288. The van der Waals surface area contributed by atoms with Crippen molar-refractivity contribution in [3.63, 3.8) is 0 Å². The summed E-state index contributed by atoms with van der Waals surface area (Å²) < 4.78 is 10.5. The highest BCUT2D eigenvalue weighted by Crippen LogP contribution is 2.42. The zero-order valence-corrected chi connectivity index (χ0v) is 16.8. The second kappa shape index (κ2) is 7.12. The maximum Gasteiger partial charge on any atom is 0.262 e. The zero-order valence-electron chi connectivity index (χ0n) is 16.8. The molecule has 0 saturated carbocycles. The SMILES string of the molecule is COc1cc2c(cc1OC)/C(=C/c1cc(C(C)(C)C)cc([N+](=O)[O-])c1[O-])C(=O)N2. The Morgan fingerprint density at radius 2 is 1.69 bits per heavy atom. The first-order valence-corrected chi connectivity index (χ1v) is 8.86. The van der Waals surface area contributed by atoms with Crippen LogP contribution in [-0.2, 0) is 10.2 Å². The van der Waals surface area contributed by atoms with Crippen LogP contribution in [0.25, 0.3) is 11.6 Å². The van der Waals surface area contributed by atoms with Crippen LogP contribution in [-0.4, -0.2) is 25.1 Å². The molecule has 0 unspecified atom stereocenters. The summed E-state index contributed by atoms with van der Waals surface area (Å²) in [5.41, 5.74) is 1.02. The molecule has 8 heteroatoms. The molecule has 1 aliphatic rings. The van der Waals surface area contributed by atoms with E-state index in [1.807, 2.05) is 20.8 Å². The third-order valence-corrected chi connectivity index (χ3v) is 4.77. The minimum atomic E-state index is -0.739. The highest BCUT2D eigenvalue weighted by atomic mass is 16.6. The topological polar surface area (TPSA) is 114 Å². The van der Waals surface area contributed by atoms with Crippen LogP contribution < -0.4 is 19.9 Å². The molecule has 2 aromatic rings. The predicted molar refractivity (Wildman–Crippen MR) is 107 cm³/mol. The molecule has 1 heterocycles. The molecule has 1 aliphatic heterocycles. The number of ether oxygens (including phenoxy) is 2. The molecule has 0 fully saturated rings. The maximum atomic E-state index is 12.7. The van der Waals surface area contributed by atoms with Gasteiger partial charge >= 0.3 is 0 Å². The Labute approximate surface area is 167 Å². The molecule has 0 spiro atoms. The van der Waals surface area contributed by atoms with Crippen LogP contribution in [0, 0.1) is 10.1 Å². The molecule has 0 aliphatic carbocycles. The predicted octanol–water partition coefficient (Wildman–Crippen LogP) is 3.48. The Hall–Kier alpha value is -3.55. The monoisotopic (exact) mass is 397 g/mol. The number of nitrogens with one attached hydrogen (secondary N) is 1. The lowest BCUT2D eigenvalue weighted by molar-refractivity contribution is -0.398. The Kier molecular flexibility index (Phi) is 4.96. The van der Waals surface area contributed by atoms with E-state index in [1.54, 1.807) is 18.2 Å². The van der Waals surface area contributed by atoms with Crippen LogP contribution in [0.15, 0.2) is 24.3 Å². The second-order valence-corrected chi connectivity index (χ2v) is 7.69. The van der Waals surface area contributed by atoms with E-state index in [2.05, 4.69) is 5.32 Å². The third kappa shape index (κ3) is 3.61. The molecule has 0 radical (unpaired) electrons. The molecule has 2 aromatic carbocycles. The summed E-state index contributed by atoms with van der Waals surface area (Å²) in [5, 5.41) is 26.8. The van der Waals surface area contributed by atoms with Crippen LogP contribution in [0.3, 0.4) is 0 Å². The number of nitrogens with zero attached hydrogens (tertiary/aromatic N) is 1. The summed E-state index contributed by atoms with van der Waals surface area (Å²) in [7, 11) is 2.96. The number of carbonyl (C=O) groups is 1. The fourth-order valence-corrected chi connectivity index (χ4v) is 3.13. The number of amides is 1. The van der Waals surface area contributed by atoms with E-state index >= 15 is 0 Å². The Morgan fingerprint density at radius 1 is 1.07 bits per heavy atom. The Bertz CT molecular complexity index is 1050. The highest BCUT2D eigenvalue weighted by Gasteiger charge is 2.28. The summed E-state index contributed by atoms with van der Waals surface area (Å²) >= 11 is 0. The van der Waals surface area contributed by atoms with Gasteiger partial charge in [-0.25, -0.2) is 0 Å². The van der Waals surface area contributed by atoms with Crippen LogP contribution in [0.5, 0.6) is 17.2 Å². The van der Waals surface area contributed by atoms with E-state index in [0.29, 0.717) is 28.3 Å². The van der Waals surface area contributed by atoms with E-state index in [9.17, 15) is 20.0 Å². The summed E-state index contributed by atoms with van der Waals surface area (Å²) in [6, 6.07) is 6.14. The van der Waals surface area contributed by atoms with Crippen molar-refractivity contribution in [3.05, 3.63) is 51.1 Å². The lowest BCUT2D eigenvalue weighted by Gasteiger charge is -2.22. The lowest BCUT2D eigenvalue weighted by atomic mass is 9.85. The van der Waals surface area contributed by atoms with E-state index in [4.69, 9.17) is 9.47 Å². The van der Waals surface area contributed by atoms with Crippen LogP contribution in [0.4, 0.5) is 11.4 Å². The number of methoxy groups -OCH3 is 2. The zero-order chi connectivity index (χ0) is 21.5. The molecule has 0 bridgehead atoms. The number of hydrogen-bond donors (Lipinski definition) is 1. The molecule has 0 atom stereocenters. The van der Waals surface area contributed by atoms with Gasteiger partial charge in [-0.2, -0.15) is 0 Å². The van der Waals surface area contributed by atoms with Gasteiger partial charge in [0.05, 0.1) is 24.8 Å². The molecule has 152 valence electrons. The molecule has 1 N–H and O–H groups in total. The van der Waals surface area contributed by atoms with E-state index in [0.717, 1.165) is 0 Å². The van der Waals surface area contributed by atoms with E-state index < -0.39 is 27.7 Å². The summed E-state index contributed by atoms with van der Waals surface area (Å²) in [6.07, 6.45) is 1.39. The van der Waals surface area contributed by atoms with Gasteiger partial charge in [-0.1, -0.05) is 26.8 Å². The standard InChI is InChI=1S/C21H22N2O6/c1-21(2,3)12-6-11(19(24)16(8-12)23(26)27)7-14-13-9-17(28-4)18(29-5)10-15(13)22-20(14)25/h6-10,24H,1-5H3,(H,22,25)/p-1/b14-7-. The maximum absolute atomic E-state index is 12.7. The van der Waals surface area contributed by atoms with Gasteiger partial charge in [0, 0.05) is 23.3 Å². The van der Waals surface area contributed by atoms with Gasteiger partial charge in [0.2, 0.25) is 0 Å². The normalized spacial score (nSPS) is 14.5. The smallest absolute Gasteiger partial charge is 0.262 e. The molecule has 0 aromatic heterocycles. The number of fused-ring (bicyclic) bond motifs is 1. The van der Waals surface area contributed by atoms with Crippen molar-refractivity contribution in [2.24, 2.45) is 0 Å². The minimum Gasteiger partial charge on any atom is -0.867 e. The van der Waals surface area contributed by atoms with Gasteiger partial charge in [-0.05, 0) is 34.4 Å². The van der Waals surface area contributed by atoms with Crippen molar-refractivity contribution >= 4 is 28.9 Å². The van der Waals surface area contributed by atoms with Gasteiger partial charge in [0.25, 0.3) is 11.6 Å². The van der Waals surface area contributed by atoms with Gasteiger partial charge in [0.1, 0.15) is 0 Å². The number of rotatable bonds is 4. The first-order chi connectivity index (χ1) is 13.6. The first-order valence-electron chi connectivity index (χ1n) is 8.86. The van der Waals surface area contributed by atoms with Crippen LogP contribution in [0.1, 0.15) is 37.5 Å². The summed E-state index contributed by atoms with van der Waals surface area (Å²) in [4.78, 5) is 23.2. The number of benzene rings is 2. The molecular formula is C21H21N2O6-. The van der Waals surface area contributed by atoms with Gasteiger partial charge in [0.15, 0.2) is 11.5 Å². The average Bonchev–Trinajstić information content (AvgIpc) is 2.95. The molecule has 1 amide bonds. The molecular weight excluding hydrogens is 376 g/mol. The molecule has 3 rings (SSSR count). The molecule has 29 heavy (non-hydrogen) atoms. The summed E-state index contributed by atoms with van der Waals surface area (Å²) in [6.45, 7) is 5.67. The van der Waals surface area contributed by atoms with Crippen molar-refractivity contribution in [1.29, 1.82) is 0 Å². The van der Waals surface area contributed by atoms with E-state index in [1.165, 1.54) is 26.4 Å². The van der Waals surface area contributed by atoms with Crippen LogP contribution >= 0.6 is 0 Å². The molecule has 8 nitrogen and oxygen atoms in total. The third-order valence-electron chi connectivity index (χ3n) is 4.77. The number of anilines is 1. The average molecular weight is 397 g/mol. The quantitative estimate of drug-likeness (QED) is 0.480. The second-order valence-electron chi connectivity index (χ2n) is 7.69. The Morgan fingerprint density at radius 3 is 2.24 bits per heavy atom. The van der Waals surface area contributed by atoms with Crippen LogP contribution in [0.2, 0.25) is 0 Å². The minimum absolute atomic E-state index is 0.0805. The van der Waals surface area contributed by atoms with Gasteiger partial charge in [-0.15, -0.1) is 0 Å². The fourth-order valence-electron chi connectivity index (χ4n) is 3.13. The van der Waals surface area contributed by atoms with Crippen molar-refractivity contribution < 1.29 is 24.3 Å². The van der Waals surface area contributed by atoms with Gasteiger partial charge in [-0.3, -0.25) is 14.9 Å². The van der Waals surface area contributed by atoms with Gasteiger partial charge < -0.3 is 19.9 Å². The lowest BCUT2D eigenvalue weighted by Crippen LogP contribution is -2.13. The molecule has 0 saturated heterocycles. The van der Waals surface area contributed by atoms with Crippen molar-refractivity contribution in [1.82, 2.24) is 0 Å². The number of nitro groups is 1. The fraction of sp³-hybridized carbons (Fsp3) is 0.286. The number of carbonyl (C=O) groups excluding carboxylic acids is 1. The van der Waals surface area contributed by atoms with E-state index in [-0.39, 0.29) is 11.1 Å². The van der Waals surface area contributed by atoms with Crippen molar-refractivity contribution in [2.75, 3.05) is 19.5 Å². The Balaban J connectivity index is 2.23.